The Morgan fingerprint density at radius 2 is 1.50 bits per heavy atom. The van der Waals surface area contributed by atoms with Crippen molar-refractivity contribution in [1.82, 2.24) is 21.1 Å². The summed E-state index contributed by atoms with van der Waals surface area (Å²) in [6.07, 6.45) is -0.847. The Morgan fingerprint density at radius 3 is 1.71 bits per heavy atom. The fourth-order valence-electron chi connectivity index (χ4n) is 1.32. The summed E-state index contributed by atoms with van der Waals surface area (Å²) >= 11 is 0. The van der Waals surface area contributed by atoms with Crippen molar-refractivity contribution >= 4 is 5.97 Å². The first-order valence-electron chi connectivity index (χ1n) is 4.75. The number of hydrogen-bond acceptors (Lipinski definition) is 6. The van der Waals surface area contributed by atoms with Crippen LogP contribution in [0.4, 0.5) is 0 Å². The van der Waals surface area contributed by atoms with Crippen LogP contribution in [0.3, 0.4) is 0 Å². The van der Waals surface area contributed by atoms with Gasteiger partial charge in [0.25, 0.3) is 0 Å². The van der Waals surface area contributed by atoms with Gasteiger partial charge in [0.2, 0.25) is 0 Å². The van der Waals surface area contributed by atoms with E-state index in [1.807, 2.05) is 27.7 Å². The van der Waals surface area contributed by atoms with Crippen LogP contribution in [0.1, 0.15) is 27.7 Å². The van der Waals surface area contributed by atoms with Gasteiger partial charge in [0, 0.05) is 12.1 Å². The van der Waals surface area contributed by atoms with Gasteiger partial charge in [-0.15, -0.1) is 0 Å². The molecule has 1 heterocycles. The molecule has 6 nitrogen and oxygen atoms in total. The van der Waals surface area contributed by atoms with Crippen molar-refractivity contribution in [1.29, 1.82) is 0 Å². The molecule has 0 spiro atoms. The van der Waals surface area contributed by atoms with Gasteiger partial charge >= 0.3 is 0 Å². The molecule has 0 aromatic heterocycles. The van der Waals surface area contributed by atoms with Gasteiger partial charge in [-0.05, 0) is 27.7 Å². The molecule has 0 aliphatic carbocycles. The molecule has 0 saturated carbocycles. The maximum Gasteiger partial charge on any atom is 0.126 e. The molecule has 1 aliphatic rings. The molecule has 6 heteroatoms. The van der Waals surface area contributed by atoms with E-state index in [-0.39, 0.29) is 12.1 Å². The molecule has 1 saturated heterocycles. The number of nitrogens with zero attached hydrogens (tertiary/aromatic N) is 2. The van der Waals surface area contributed by atoms with Crippen LogP contribution in [0.25, 0.3) is 0 Å². The van der Waals surface area contributed by atoms with E-state index in [1.165, 1.54) is 0 Å². The van der Waals surface area contributed by atoms with Gasteiger partial charge in [0.05, 0.1) is 5.97 Å². The van der Waals surface area contributed by atoms with Crippen molar-refractivity contribution in [3.63, 3.8) is 0 Å². The number of carboxylic acids is 1. The van der Waals surface area contributed by atoms with Gasteiger partial charge in [-0.2, -0.15) is 10.2 Å². The fourth-order valence-corrected chi connectivity index (χ4v) is 1.32. The largest absolute Gasteiger partial charge is 0.547 e. The SMILES string of the molecule is CC(C)N1NC(C(=O)[O-])NN1C(C)C. The van der Waals surface area contributed by atoms with Gasteiger partial charge in [-0.1, -0.05) is 0 Å². The quantitative estimate of drug-likeness (QED) is 0.574. The lowest BCUT2D eigenvalue weighted by molar-refractivity contribution is -0.309. The molecule has 0 aromatic rings. The highest BCUT2D eigenvalue weighted by Gasteiger charge is 2.32. The third-order valence-corrected chi connectivity index (χ3v) is 1.97. The molecule has 2 N–H and O–H groups in total. The van der Waals surface area contributed by atoms with Crippen LogP contribution in [0.5, 0.6) is 0 Å². The predicted molar refractivity (Wildman–Crippen MR) is 49.0 cm³/mol. The van der Waals surface area contributed by atoms with Crippen LogP contribution in [0.15, 0.2) is 0 Å². The van der Waals surface area contributed by atoms with Crippen LogP contribution in [-0.4, -0.2) is 34.5 Å². The average Bonchev–Trinajstić information content (AvgIpc) is 2.47. The van der Waals surface area contributed by atoms with Crippen LogP contribution in [-0.2, 0) is 4.79 Å². The summed E-state index contributed by atoms with van der Waals surface area (Å²) in [6.45, 7) is 7.90. The number of rotatable bonds is 3. The molecule has 14 heavy (non-hydrogen) atoms. The van der Waals surface area contributed by atoms with Crippen LogP contribution >= 0.6 is 0 Å². The summed E-state index contributed by atoms with van der Waals surface area (Å²) in [5, 5.41) is 14.2. The van der Waals surface area contributed by atoms with Crippen molar-refractivity contribution in [3.8, 4) is 0 Å². The number of aliphatic carboxylic acids is 1. The Labute approximate surface area is 83.8 Å². The third kappa shape index (κ3) is 2.21. The van der Waals surface area contributed by atoms with Crippen molar-refractivity contribution in [2.24, 2.45) is 0 Å². The van der Waals surface area contributed by atoms with Gasteiger partial charge < -0.3 is 9.90 Å². The Morgan fingerprint density at radius 1 is 1.14 bits per heavy atom. The predicted octanol–water partition coefficient (Wildman–Crippen LogP) is -1.58. The number of carboxylic acid groups (broad SMARTS) is 1. The van der Waals surface area contributed by atoms with Gasteiger partial charge in [-0.3, -0.25) is 0 Å². The molecule has 1 aliphatic heterocycles. The van der Waals surface area contributed by atoms with E-state index in [0.717, 1.165) is 0 Å². The van der Waals surface area contributed by atoms with E-state index in [1.54, 1.807) is 10.2 Å². The molecule has 0 unspecified atom stereocenters. The second-order valence-electron chi connectivity index (χ2n) is 3.89. The van der Waals surface area contributed by atoms with Gasteiger partial charge in [-0.25, -0.2) is 10.9 Å². The monoisotopic (exact) mass is 201 g/mol. The van der Waals surface area contributed by atoms with Gasteiger partial charge in [0.1, 0.15) is 6.17 Å². The summed E-state index contributed by atoms with van der Waals surface area (Å²) in [4.78, 5) is 10.6. The number of nitrogens with one attached hydrogen (secondary N) is 2. The molecule has 0 atom stereocenters. The zero-order chi connectivity index (χ0) is 10.9. The van der Waals surface area contributed by atoms with Crippen LogP contribution in [0.2, 0.25) is 0 Å². The van der Waals surface area contributed by atoms with Gasteiger partial charge in [0.15, 0.2) is 0 Å². The van der Waals surface area contributed by atoms with Crippen LogP contribution in [0, 0.1) is 0 Å². The van der Waals surface area contributed by atoms with E-state index in [2.05, 4.69) is 10.9 Å². The maximum atomic E-state index is 10.6. The zero-order valence-electron chi connectivity index (χ0n) is 8.94. The summed E-state index contributed by atoms with van der Waals surface area (Å²) in [6, 6.07) is 0.350. The molecule has 0 amide bonds. The number of hydrazine groups is 3. The zero-order valence-corrected chi connectivity index (χ0v) is 8.94. The summed E-state index contributed by atoms with van der Waals surface area (Å²) in [7, 11) is 0. The minimum atomic E-state index is -1.15. The third-order valence-electron chi connectivity index (χ3n) is 1.97. The Kier molecular flexibility index (Phi) is 3.43. The summed E-state index contributed by atoms with van der Waals surface area (Å²) in [5.41, 5.74) is 5.61. The van der Waals surface area contributed by atoms with E-state index in [9.17, 15) is 9.90 Å². The van der Waals surface area contributed by atoms with E-state index in [4.69, 9.17) is 0 Å². The lowest BCUT2D eigenvalue weighted by Crippen LogP contribution is -2.51. The topological polar surface area (TPSA) is 70.7 Å². The van der Waals surface area contributed by atoms with E-state index < -0.39 is 12.1 Å². The highest BCUT2D eigenvalue weighted by molar-refractivity contribution is 5.70. The van der Waals surface area contributed by atoms with Crippen molar-refractivity contribution in [2.45, 2.75) is 45.9 Å². The second-order valence-corrected chi connectivity index (χ2v) is 3.89. The number of carbonyl (C=O) groups is 1. The molecule has 0 aromatic carbocycles. The Hall–Kier alpha value is -0.690. The lowest BCUT2D eigenvalue weighted by Gasteiger charge is -2.31. The van der Waals surface area contributed by atoms with Crippen molar-refractivity contribution in [2.75, 3.05) is 0 Å². The number of hydrogen-bond donors (Lipinski definition) is 2. The highest BCUT2D eigenvalue weighted by Crippen LogP contribution is 2.09. The first-order chi connectivity index (χ1) is 6.43. The molecular formula is C8H17N4O2-. The molecule has 0 bridgehead atoms. The smallest absolute Gasteiger partial charge is 0.126 e. The molecular weight excluding hydrogens is 184 g/mol. The second kappa shape index (κ2) is 4.22. The fraction of sp³-hybridized carbons (Fsp3) is 0.875. The molecule has 1 rings (SSSR count). The molecule has 1 fully saturated rings. The molecule has 0 radical (unpaired) electrons. The minimum Gasteiger partial charge on any atom is -0.547 e. The minimum absolute atomic E-state index is 0.175. The summed E-state index contributed by atoms with van der Waals surface area (Å²) < 4.78 is 0. The average molecular weight is 201 g/mol. The van der Waals surface area contributed by atoms with Crippen molar-refractivity contribution < 1.29 is 9.90 Å². The summed E-state index contributed by atoms with van der Waals surface area (Å²) in [5.74, 6) is -1.15. The van der Waals surface area contributed by atoms with Crippen molar-refractivity contribution in [3.05, 3.63) is 0 Å². The normalized spacial score (nSPS) is 21.3. The maximum absolute atomic E-state index is 10.6. The van der Waals surface area contributed by atoms with E-state index in [0.29, 0.717) is 0 Å². The Balaban J connectivity index is 2.70. The van der Waals surface area contributed by atoms with E-state index >= 15 is 0 Å². The highest BCUT2D eigenvalue weighted by atomic mass is 16.4. The first kappa shape index (κ1) is 11.4. The first-order valence-corrected chi connectivity index (χ1v) is 4.75. The molecule has 82 valence electrons. The van der Waals surface area contributed by atoms with Crippen LogP contribution < -0.4 is 16.0 Å². The lowest BCUT2D eigenvalue weighted by atomic mass is 10.4. The standard InChI is InChI=1S/C8H18N4O2/c1-5(2)11-9-7(8(13)14)10-12(11)6(3)4/h5-7,9-10H,1-4H3,(H,13,14)/p-1. The number of carbonyl (C=O) groups excluding carboxylic acids is 1. The Bertz CT molecular complexity index is 203.